The highest BCUT2D eigenvalue weighted by Crippen LogP contribution is 2.30. The SMILES string of the molecule is CO[Si]1(OC)O[Si](C)(C)O[Si](C)(C)O1. The average molecular weight is 254 g/mol. The van der Waals surface area contributed by atoms with E-state index in [-0.39, 0.29) is 0 Å². The molecule has 0 aromatic rings. The van der Waals surface area contributed by atoms with Crippen molar-refractivity contribution < 1.29 is 21.2 Å². The largest absolute Gasteiger partial charge is 0.661 e. The second-order valence-corrected chi connectivity index (χ2v) is 13.9. The molecule has 84 valence electrons. The molecule has 0 atom stereocenters. The normalized spacial score (nSPS) is 28.7. The standard InChI is InChI=1S/C6H18O5Si3/c1-7-14(8-2)10-12(3,4)9-13(5,6)11-14/h1-6H3. The molecule has 0 amide bonds. The van der Waals surface area contributed by atoms with Gasteiger partial charge in [0.05, 0.1) is 0 Å². The third-order valence-electron chi connectivity index (χ3n) is 1.73. The molecule has 14 heavy (non-hydrogen) atoms. The summed E-state index contributed by atoms with van der Waals surface area (Å²) in [5.41, 5.74) is 0. The zero-order valence-electron chi connectivity index (χ0n) is 9.54. The molecule has 1 heterocycles. The van der Waals surface area contributed by atoms with Gasteiger partial charge in [-0.3, -0.25) is 0 Å². The zero-order chi connectivity index (χ0) is 11.0. The van der Waals surface area contributed by atoms with Crippen LogP contribution in [0.3, 0.4) is 0 Å². The lowest BCUT2D eigenvalue weighted by molar-refractivity contribution is 0.0394. The fourth-order valence-corrected chi connectivity index (χ4v) is 14.2. The van der Waals surface area contributed by atoms with Crippen LogP contribution in [0.1, 0.15) is 0 Å². The summed E-state index contributed by atoms with van der Waals surface area (Å²) >= 11 is 0. The molecular formula is C6H18O5Si3. The van der Waals surface area contributed by atoms with Crippen molar-refractivity contribution in [3.63, 3.8) is 0 Å². The molecule has 0 radical (unpaired) electrons. The fraction of sp³-hybridized carbons (Fsp3) is 1.00. The van der Waals surface area contributed by atoms with Crippen LogP contribution in [0.2, 0.25) is 26.2 Å². The van der Waals surface area contributed by atoms with Crippen LogP contribution in [-0.4, -0.2) is 40.4 Å². The van der Waals surface area contributed by atoms with E-state index in [2.05, 4.69) is 0 Å². The van der Waals surface area contributed by atoms with Crippen LogP contribution in [-0.2, 0) is 21.2 Å². The average Bonchev–Trinajstić information content (AvgIpc) is 1.98. The molecule has 0 aromatic carbocycles. The van der Waals surface area contributed by atoms with Gasteiger partial charge in [0.25, 0.3) is 0 Å². The Morgan fingerprint density at radius 1 is 0.714 bits per heavy atom. The second kappa shape index (κ2) is 3.79. The molecule has 0 aliphatic carbocycles. The van der Waals surface area contributed by atoms with E-state index in [1.54, 1.807) is 14.2 Å². The van der Waals surface area contributed by atoms with Crippen molar-refractivity contribution in [1.82, 2.24) is 0 Å². The van der Waals surface area contributed by atoms with Crippen LogP contribution in [0.5, 0.6) is 0 Å². The monoisotopic (exact) mass is 254 g/mol. The first kappa shape index (κ1) is 12.5. The van der Waals surface area contributed by atoms with Crippen molar-refractivity contribution in [3.8, 4) is 0 Å². The van der Waals surface area contributed by atoms with Crippen molar-refractivity contribution >= 4 is 26.2 Å². The topological polar surface area (TPSA) is 46.2 Å². The Balaban J connectivity index is 2.90. The summed E-state index contributed by atoms with van der Waals surface area (Å²) in [4.78, 5) is 0. The summed E-state index contributed by atoms with van der Waals surface area (Å²) in [5.74, 6) is 0. The molecule has 1 rings (SSSR count). The minimum atomic E-state index is -2.90. The van der Waals surface area contributed by atoms with Gasteiger partial charge in [-0.1, -0.05) is 0 Å². The smallest absolute Gasteiger partial charge is 0.416 e. The Morgan fingerprint density at radius 2 is 1.07 bits per heavy atom. The van der Waals surface area contributed by atoms with Crippen molar-refractivity contribution in [2.75, 3.05) is 14.2 Å². The molecular weight excluding hydrogens is 236 g/mol. The summed E-state index contributed by atoms with van der Waals surface area (Å²) in [6.07, 6.45) is 0. The molecule has 0 aromatic heterocycles. The van der Waals surface area contributed by atoms with Crippen molar-refractivity contribution in [1.29, 1.82) is 0 Å². The molecule has 0 N–H and O–H groups in total. The van der Waals surface area contributed by atoms with E-state index in [0.717, 1.165) is 0 Å². The predicted molar refractivity (Wildman–Crippen MR) is 58.0 cm³/mol. The Hall–Kier alpha value is 0.451. The number of rotatable bonds is 2. The van der Waals surface area contributed by atoms with Gasteiger partial charge in [0.15, 0.2) is 0 Å². The molecule has 0 unspecified atom stereocenters. The van der Waals surface area contributed by atoms with Crippen LogP contribution in [0.25, 0.3) is 0 Å². The van der Waals surface area contributed by atoms with E-state index in [0.29, 0.717) is 0 Å². The Morgan fingerprint density at radius 3 is 1.36 bits per heavy atom. The lowest BCUT2D eigenvalue weighted by Crippen LogP contribution is -2.68. The molecule has 1 aliphatic rings. The maximum absolute atomic E-state index is 5.83. The molecule has 8 heteroatoms. The minimum Gasteiger partial charge on any atom is -0.416 e. The van der Waals surface area contributed by atoms with E-state index in [1.165, 1.54) is 0 Å². The maximum atomic E-state index is 5.83. The molecule has 0 saturated carbocycles. The van der Waals surface area contributed by atoms with E-state index in [4.69, 9.17) is 21.2 Å². The molecule has 1 aliphatic heterocycles. The van der Waals surface area contributed by atoms with Gasteiger partial charge in [0.2, 0.25) is 0 Å². The van der Waals surface area contributed by atoms with Gasteiger partial charge in [-0.2, -0.15) is 0 Å². The summed E-state index contributed by atoms with van der Waals surface area (Å²) in [7, 11) is -4.11. The van der Waals surface area contributed by atoms with Crippen molar-refractivity contribution in [2.24, 2.45) is 0 Å². The van der Waals surface area contributed by atoms with Crippen LogP contribution in [0, 0.1) is 0 Å². The van der Waals surface area contributed by atoms with Crippen LogP contribution >= 0.6 is 0 Å². The first-order chi connectivity index (χ1) is 6.24. The Bertz CT molecular complexity index is 198. The van der Waals surface area contributed by atoms with Gasteiger partial charge in [-0.25, -0.2) is 0 Å². The number of hydrogen-bond donors (Lipinski definition) is 0. The van der Waals surface area contributed by atoms with E-state index in [1.807, 2.05) is 26.2 Å². The molecule has 0 spiro atoms. The predicted octanol–water partition coefficient (Wildman–Crippen LogP) is 1.18. The van der Waals surface area contributed by atoms with Crippen molar-refractivity contribution in [3.05, 3.63) is 0 Å². The lowest BCUT2D eigenvalue weighted by atomic mass is 11.8. The quantitative estimate of drug-likeness (QED) is 0.693. The molecule has 0 bridgehead atoms. The van der Waals surface area contributed by atoms with E-state index in [9.17, 15) is 0 Å². The van der Waals surface area contributed by atoms with Gasteiger partial charge in [0, 0.05) is 14.2 Å². The Labute approximate surface area is 88.3 Å². The minimum absolute atomic E-state index is 1.55. The van der Waals surface area contributed by atoms with Gasteiger partial charge in [-0.15, -0.1) is 0 Å². The van der Waals surface area contributed by atoms with Crippen LogP contribution in [0.4, 0.5) is 0 Å². The second-order valence-electron chi connectivity index (χ2n) is 4.01. The first-order valence-electron chi connectivity index (χ1n) is 4.45. The molecule has 1 fully saturated rings. The van der Waals surface area contributed by atoms with Crippen LogP contribution in [0.15, 0.2) is 0 Å². The molecule has 5 nitrogen and oxygen atoms in total. The van der Waals surface area contributed by atoms with Gasteiger partial charge < -0.3 is 21.2 Å². The highest BCUT2D eigenvalue weighted by atomic mass is 28.5. The third-order valence-corrected chi connectivity index (χ3v) is 12.6. The summed E-state index contributed by atoms with van der Waals surface area (Å²) < 4.78 is 27.8. The highest BCUT2D eigenvalue weighted by Gasteiger charge is 2.59. The summed E-state index contributed by atoms with van der Waals surface area (Å²) in [5, 5.41) is 0. The summed E-state index contributed by atoms with van der Waals surface area (Å²) in [6, 6.07) is 0. The van der Waals surface area contributed by atoms with Crippen molar-refractivity contribution in [2.45, 2.75) is 26.2 Å². The maximum Gasteiger partial charge on any atom is 0.661 e. The summed E-state index contributed by atoms with van der Waals surface area (Å²) in [6.45, 7) is 7.90. The van der Waals surface area contributed by atoms with E-state index < -0.39 is 26.2 Å². The third kappa shape index (κ3) is 2.73. The van der Waals surface area contributed by atoms with Gasteiger partial charge in [0.1, 0.15) is 0 Å². The highest BCUT2D eigenvalue weighted by molar-refractivity contribution is 6.89. The lowest BCUT2D eigenvalue weighted by Gasteiger charge is -2.45. The van der Waals surface area contributed by atoms with Gasteiger partial charge in [-0.05, 0) is 26.2 Å². The molecule has 1 saturated heterocycles. The Kier molecular flexibility index (Phi) is 3.39. The first-order valence-corrected chi connectivity index (χ1v) is 11.7. The zero-order valence-corrected chi connectivity index (χ0v) is 12.5. The number of hydrogen-bond acceptors (Lipinski definition) is 5. The fourth-order valence-electron chi connectivity index (χ4n) is 1.51. The van der Waals surface area contributed by atoms with Gasteiger partial charge >= 0.3 is 26.2 Å². The van der Waals surface area contributed by atoms with E-state index >= 15 is 0 Å². The van der Waals surface area contributed by atoms with Crippen LogP contribution < -0.4 is 0 Å².